The second-order valence-electron chi connectivity index (χ2n) is 8.28. The van der Waals surface area contributed by atoms with Crippen molar-refractivity contribution in [1.82, 2.24) is 4.90 Å². The SMILES string of the molecule is O[C@@H](COCc1ccccc1)CN(Cc1ccccc1)C[C@H]1CC(c2ccccc2F)=NO1. The van der Waals surface area contributed by atoms with E-state index in [2.05, 4.69) is 22.2 Å². The van der Waals surface area contributed by atoms with E-state index in [4.69, 9.17) is 9.57 Å². The van der Waals surface area contributed by atoms with Crippen molar-refractivity contribution in [2.24, 2.45) is 5.16 Å². The summed E-state index contributed by atoms with van der Waals surface area (Å²) in [5.74, 6) is -0.298. The largest absolute Gasteiger partial charge is 0.390 e. The Labute approximate surface area is 194 Å². The number of halogens is 1. The van der Waals surface area contributed by atoms with E-state index in [0.29, 0.717) is 43.9 Å². The van der Waals surface area contributed by atoms with E-state index < -0.39 is 6.10 Å². The molecule has 0 saturated carbocycles. The second kappa shape index (κ2) is 11.7. The standard InChI is InChI=1S/C27H29FN2O3/c28-26-14-8-7-13-25(26)27-15-24(33-29-27)18-30(16-21-9-3-1-4-10-21)17-23(31)20-32-19-22-11-5-2-6-12-22/h1-14,23-24,31H,15-20H2/t23-,24-/m1/s1. The van der Waals surface area contributed by atoms with Gasteiger partial charge in [0.25, 0.3) is 0 Å². The van der Waals surface area contributed by atoms with E-state index in [1.165, 1.54) is 6.07 Å². The Hall–Kier alpha value is -3.06. The Morgan fingerprint density at radius 3 is 2.36 bits per heavy atom. The lowest BCUT2D eigenvalue weighted by Gasteiger charge is -2.27. The quantitative estimate of drug-likeness (QED) is 0.473. The van der Waals surface area contributed by atoms with Crippen molar-refractivity contribution >= 4 is 5.71 Å². The topological polar surface area (TPSA) is 54.3 Å². The summed E-state index contributed by atoms with van der Waals surface area (Å²) in [7, 11) is 0. The van der Waals surface area contributed by atoms with E-state index in [-0.39, 0.29) is 18.5 Å². The zero-order chi connectivity index (χ0) is 22.9. The summed E-state index contributed by atoms with van der Waals surface area (Å²) in [6.45, 7) is 2.35. The van der Waals surface area contributed by atoms with Gasteiger partial charge in [-0.25, -0.2) is 4.39 Å². The van der Waals surface area contributed by atoms with E-state index in [0.717, 1.165) is 11.1 Å². The molecule has 0 saturated heterocycles. The molecular weight excluding hydrogens is 419 g/mol. The molecule has 0 aliphatic carbocycles. The van der Waals surface area contributed by atoms with Gasteiger partial charge in [0.05, 0.1) is 25.0 Å². The van der Waals surface area contributed by atoms with E-state index in [1.54, 1.807) is 18.2 Å². The molecule has 4 rings (SSSR count). The molecule has 172 valence electrons. The van der Waals surface area contributed by atoms with Gasteiger partial charge in [0.1, 0.15) is 11.9 Å². The van der Waals surface area contributed by atoms with Crippen molar-refractivity contribution in [2.45, 2.75) is 31.8 Å². The smallest absolute Gasteiger partial charge is 0.145 e. The lowest BCUT2D eigenvalue weighted by molar-refractivity contribution is -0.00648. The molecule has 0 spiro atoms. The van der Waals surface area contributed by atoms with Gasteiger partial charge in [-0.3, -0.25) is 4.90 Å². The molecule has 1 aliphatic heterocycles. The molecule has 1 heterocycles. The van der Waals surface area contributed by atoms with Crippen molar-refractivity contribution in [3.8, 4) is 0 Å². The third-order valence-electron chi connectivity index (χ3n) is 5.52. The van der Waals surface area contributed by atoms with Gasteiger partial charge in [0.15, 0.2) is 0 Å². The monoisotopic (exact) mass is 448 g/mol. The highest BCUT2D eigenvalue weighted by Crippen LogP contribution is 2.20. The van der Waals surface area contributed by atoms with Crippen LogP contribution in [-0.4, -0.2) is 47.6 Å². The van der Waals surface area contributed by atoms with Crippen LogP contribution < -0.4 is 0 Å². The summed E-state index contributed by atoms with van der Waals surface area (Å²) < 4.78 is 19.9. The number of nitrogens with zero attached hydrogens (tertiary/aromatic N) is 2. The fraction of sp³-hybridized carbons (Fsp3) is 0.296. The summed E-state index contributed by atoms with van der Waals surface area (Å²) in [6.07, 6.45) is -0.334. The van der Waals surface area contributed by atoms with Crippen molar-refractivity contribution in [2.75, 3.05) is 19.7 Å². The highest BCUT2D eigenvalue weighted by Gasteiger charge is 2.27. The molecule has 3 aromatic carbocycles. The van der Waals surface area contributed by atoms with Gasteiger partial charge < -0.3 is 14.7 Å². The van der Waals surface area contributed by atoms with Gasteiger partial charge in [-0.1, -0.05) is 84.0 Å². The lowest BCUT2D eigenvalue weighted by atomic mass is 10.0. The maximum atomic E-state index is 14.1. The lowest BCUT2D eigenvalue weighted by Crippen LogP contribution is -2.39. The molecule has 0 aromatic heterocycles. The highest BCUT2D eigenvalue weighted by molar-refractivity contribution is 6.01. The summed E-state index contributed by atoms with van der Waals surface area (Å²) in [6, 6.07) is 26.6. The molecule has 3 aromatic rings. The predicted molar refractivity (Wildman–Crippen MR) is 126 cm³/mol. The zero-order valence-electron chi connectivity index (χ0n) is 18.5. The average Bonchev–Trinajstić information content (AvgIpc) is 3.29. The second-order valence-corrected chi connectivity index (χ2v) is 8.28. The number of aliphatic hydroxyl groups is 1. The van der Waals surface area contributed by atoms with Gasteiger partial charge in [-0.05, 0) is 17.2 Å². The minimum atomic E-state index is -0.647. The van der Waals surface area contributed by atoms with E-state index in [9.17, 15) is 9.50 Å². The molecule has 1 N–H and O–H groups in total. The van der Waals surface area contributed by atoms with Crippen LogP contribution in [0.1, 0.15) is 23.1 Å². The Morgan fingerprint density at radius 2 is 1.64 bits per heavy atom. The van der Waals surface area contributed by atoms with Crippen molar-refractivity contribution in [3.05, 3.63) is 107 Å². The fourth-order valence-corrected chi connectivity index (χ4v) is 3.95. The predicted octanol–water partition coefficient (Wildman–Crippen LogP) is 4.40. The van der Waals surface area contributed by atoms with Gasteiger partial charge in [-0.2, -0.15) is 0 Å². The Kier molecular flexibility index (Phi) is 8.19. The van der Waals surface area contributed by atoms with Crippen LogP contribution in [0.5, 0.6) is 0 Å². The Bertz CT molecular complexity index is 1030. The summed E-state index contributed by atoms with van der Waals surface area (Å²) in [5.41, 5.74) is 3.31. The fourth-order valence-electron chi connectivity index (χ4n) is 3.95. The molecule has 0 amide bonds. The number of ether oxygens (including phenoxy) is 1. The number of benzene rings is 3. The van der Waals surface area contributed by atoms with Crippen LogP contribution >= 0.6 is 0 Å². The molecular formula is C27H29FN2O3. The van der Waals surface area contributed by atoms with Crippen LogP contribution in [0.15, 0.2) is 90.1 Å². The maximum Gasteiger partial charge on any atom is 0.145 e. The summed E-state index contributed by atoms with van der Waals surface area (Å²) in [5, 5.41) is 14.8. The van der Waals surface area contributed by atoms with Gasteiger partial charge in [0, 0.05) is 31.6 Å². The van der Waals surface area contributed by atoms with Crippen LogP contribution in [0.4, 0.5) is 4.39 Å². The minimum absolute atomic E-state index is 0.208. The number of rotatable bonds is 11. The first-order valence-corrected chi connectivity index (χ1v) is 11.2. The Morgan fingerprint density at radius 1 is 0.970 bits per heavy atom. The molecule has 0 radical (unpaired) electrons. The number of hydrogen-bond acceptors (Lipinski definition) is 5. The first kappa shape index (κ1) is 23.1. The molecule has 0 unspecified atom stereocenters. The summed E-state index contributed by atoms with van der Waals surface area (Å²) in [4.78, 5) is 7.77. The maximum absolute atomic E-state index is 14.1. The molecule has 6 heteroatoms. The molecule has 0 fully saturated rings. The first-order chi connectivity index (χ1) is 16.2. The van der Waals surface area contributed by atoms with Crippen LogP contribution in [0.2, 0.25) is 0 Å². The minimum Gasteiger partial charge on any atom is -0.390 e. The van der Waals surface area contributed by atoms with Crippen molar-refractivity contribution in [1.29, 1.82) is 0 Å². The van der Waals surface area contributed by atoms with Gasteiger partial charge in [-0.15, -0.1) is 0 Å². The molecule has 5 nitrogen and oxygen atoms in total. The summed E-state index contributed by atoms with van der Waals surface area (Å²) >= 11 is 0. The number of aliphatic hydroxyl groups excluding tert-OH is 1. The van der Waals surface area contributed by atoms with Crippen LogP contribution in [0, 0.1) is 5.82 Å². The van der Waals surface area contributed by atoms with E-state index >= 15 is 0 Å². The van der Waals surface area contributed by atoms with Crippen molar-refractivity contribution in [3.63, 3.8) is 0 Å². The van der Waals surface area contributed by atoms with Gasteiger partial charge >= 0.3 is 0 Å². The first-order valence-electron chi connectivity index (χ1n) is 11.2. The highest BCUT2D eigenvalue weighted by atomic mass is 19.1. The Balaban J connectivity index is 1.33. The molecule has 1 aliphatic rings. The third-order valence-corrected chi connectivity index (χ3v) is 5.52. The average molecular weight is 449 g/mol. The number of hydrogen-bond donors (Lipinski definition) is 1. The van der Waals surface area contributed by atoms with Gasteiger partial charge in [0.2, 0.25) is 0 Å². The van der Waals surface area contributed by atoms with Crippen LogP contribution in [-0.2, 0) is 22.7 Å². The molecule has 0 bridgehead atoms. The number of oxime groups is 1. The van der Waals surface area contributed by atoms with E-state index in [1.807, 2.05) is 48.5 Å². The van der Waals surface area contributed by atoms with Crippen LogP contribution in [0.25, 0.3) is 0 Å². The van der Waals surface area contributed by atoms with Crippen LogP contribution in [0.3, 0.4) is 0 Å². The zero-order valence-corrected chi connectivity index (χ0v) is 18.5. The third kappa shape index (κ3) is 6.96. The molecule has 33 heavy (non-hydrogen) atoms. The normalized spacial score (nSPS) is 16.5. The van der Waals surface area contributed by atoms with Crippen molar-refractivity contribution < 1.29 is 19.1 Å². The molecule has 2 atom stereocenters.